The van der Waals surface area contributed by atoms with Crippen LogP contribution in [0.2, 0.25) is 0 Å². The van der Waals surface area contributed by atoms with Crippen LogP contribution in [-0.2, 0) is 0 Å². The van der Waals surface area contributed by atoms with Crippen LogP contribution in [-0.4, -0.2) is 36.1 Å². The van der Waals surface area contributed by atoms with Crippen molar-refractivity contribution in [2.75, 3.05) is 20.3 Å². The molecule has 3 aromatic rings. The highest BCUT2D eigenvalue weighted by atomic mass is 79.9. The number of benzene rings is 3. The van der Waals surface area contributed by atoms with Crippen LogP contribution in [0.25, 0.3) is 0 Å². The predicted molar refractivity (Wildman–Crippen MR) is 115 cm³/mol. The molecule has 4 nitrogen and oxygen atoms in total. The molecule has 1 aliphatic heterocycles. The molecule has 28 heavy (non-hydrogen) atoms. The van der Waals surface area contributed by atoms with Gasteiger partial charge in [0, 0.05) is 22.1 Å². The van der Waals surface area contributed by atoms with Gasteiger partial charge in [0.25, 0.3) is 0 Å². The molecule has 3 aromatic carbocycles. The largest absolute Gasteiger partial charge is 0.497 e. The molecule has 0 saturated heterocycles. The van der Waals surface area contributed by atoms with Crippen molar-refractivity contribution in [2.24, 2.45) is 4.99 Å². The van der Waals surface area contributed by atoms with Crippen LogP contribution in [0.3, 0.4) is 0 Å². The average Bonchev–Trinajstić information content (AvgIpc) is 2.74. The molecular weight excluding hydrogens is 416 g/mol. The summed E-state index contributed by atoms with van der Waals surface area (Å²) >= 11 is 3.60. The molecule has 0 saturated carbocycles. The first-order valence-corrected chi connectivity index (χ1v) is 9.95. The number of β-amino-alcohol motifs (C(OH)–C–C–N with tert-alkyl or cyclic N) is 1. The number of hydrogen-bond acceptors (Lipinski definition) is 4. The molecule has 5 heteroatoms. The monoisotopic (exact) mass is 436 g/mol. The van der Waals surface area contributed by atoms with E-state index in [1.807, 2.05) is 54.6 Å². The van der Waals surface area contributed by atoms with E-state index in [4.69, 9.17) is 9.73 Å². The zero-order valence-corrected chi connectivity index (χ0v) is 17.1. The van der Waals surface area contributed by atoms with Gasteiger partial charge in [-0.05, 0) is 48.0 Å². The van der Waals surface area contributed by atoms with E-state index >= 15 is 0 Å². The highest BCUT2D eigenvalue weighted by Gasteiger charge is 2.31. The molecule has 1 N–H and O–H groups in total. The van der Waals surface area contributed by atoms with E-state index in [-0.39, 0.29) is 12.6 Å². The van der Waals surface area contributed by atoms with Gasteiger partial charge in [0.15, 0.2) is 0 Å². The lowest BCUT2D eigenvalue weighted by molar-refractivity contribution is 0.231. The van der Waals surface area contributed by atoms with Crippen molar-refractivity contribution in [3.05, 3.63) is 94.0 Å². The number of aliphatic imine (C=N–C) groups is 1. The van der Waals surface area contributed by atoms with E-state index in [1.165, 1.54) is 0 Å². The minimum atomic E-state index is -0.0320. The van der Waals surface area contributed by atoms with Gasteiger partial charge in [-0.25, -0.2) is 4.99 Å². The van der Waals surface area contributed by atoms with Crippen molar-refractivity contribution < 1.29 is 9.84 Å². The maximum Gasteiger partial charge on any atom is 0.137 e. The van der Waals surface area contributed by atoms with Crippen molar-refractivity contribution in [1.82, 2.24) is 4.90 Å². The molecule has 0 fully saturated rings. The van der Waals surface area contributed by atoms with Gasteiger partial charge in [-0.15, -0.1) is 0 Å². The molecule has 0 radical (unpaired) electrons. The Bertz CT molecular complexity index is 987. The molecule has 0 amide bonds. The Morgan fingerprint density at radius 2 is 1.79 bits per heavy atom. The molecule has 1 atom stereocenters. The van der Waals surface area contributed by atoms with Gasteiger partial charge in [0.1, 0.15) is 11.6 Å². The number of halogens is 1. The Balaban J connectivity index is 1.90. The summed E-state index contributed by atoms with van der Waals surface area (Å²) in [7, 11) is 1.66. The fourth-order valence-electron chi connectivity index (χ4n) is 3.62. The second kappa shape index (κ2) is 8.17. The average molecular weight is 437 g/mol. The summed E-state index contributed by atoms with van der Waals surface area (Å²) < 4.78 is 6.31. The normalized spacial score (nSPS) is 15.8. The van der Waals surface area contributed by atoms with Gasteiger partial charge in [0.05, 0.1) is 25.4 Å². The summed E-state index contributed by atoms with van der Waals surface area (Å²) in [5, 5.41) is 9.81. The second-order valence-electron chi connectivity index (χ2n) is 6.60. The molecule has 1 heterocycles. The van der Waals surface area contributed by atoms with Gasteiger partial charge >= 0.3 is 0 Å². The highest BCUT2D eigenvalue weighted by molar-refractivity contribution is 9.10. The zero-order chi connectivity index (χ0) is 19.5. The summed E-state index contributed by atoms with van der Waals surface area (Å²) in [4.78, 5) is 7.13. The molecule has 0 bridgehead atoms. The second-order valence-corrected chi connectivity index (χ2v) is 7.51. The van der Waals surface area contributed by atoms with Crippen molar-refractivity contribution in [3.8, 4) is 5.75 Å². The quantitative estimate of drug-likeness (QED) is 0.616. The first kappa shape index (κ1) is 18.7. The van der Waals surface area contributed by atoms with Crippen molar-refractivity contribution in [1.29, 1.82) is 0 Å². The lowest BCUT2D eigenvalue weighted by Gasteiger charge is -2.38. The number of ether oxygens (including phenoxy) is 1. The van der Waals surface area contributed by atoms with Crippen LogP contribution in [0, 0.1) is 0 Å². The minimum Gasteiger partial charge on any atom is -0.497 e. The smallest absolute Gasteiger partial charge is 0.137 e. The van der Waals surface area contributed by atoms with Gasteiger partial charge in [-0.3, -0.25) is 0 Å². The van der Waals surface area contributed by atoms with Crippen molar-refractivity contribution >= 4 is 27.5 Å². The van der Waals surface area contributed by atoms with Gasteiger partial charge in [-0.2, -0.15) is 0 Å². The molecule has 4 rings (SSSR count). The van der Waals surface area contributed by atoms with Gasteiger partial charge in [-0.1, -0.05) is 46.3 Å². The first-order valence-electron chi connectivity index (χ1n) is 9.16. The first-order chi connectivity index (χ1) is 13.7. The van der Waals surface area contributed by atoms with Crippen LogP contribution in [0.5, 0.6) is 5.75 Å². The maximum atomic E-state index is 9.81. The summed E-state index contributed by atoms with van der Waals surface area (Å²) in [5.41, 5.74) is 4.21. The third-order valence-corrected chi connectivity index (χ3v) is 5.39. The Morgan fingerprint density at radius 1 is 1.04 bits per heavy atom. The predicted octanol–water partition coefficient (Wildman–Crippen LogP) is 4.93. The number of rotatable bonds is 5. The zero-order valence-electron chi connectivity index (χ0n) is 15.5. The van der Waals surface area contributed by atoms with E-state index < -0.39 is 0 Å². The van der Waals surface area contributed by atoms with E-state index in [0.717, 1.165) is 38.4 Å². The van der Waals surface area contributed by atoms with Crippen LogP contribution < -0.4 is 4.74 Å². The SMILES string of the molecule is COc1ccc(C2=Nc3ccc(Br)cc3C(c3ccccc3)N2CCO)cc1. The van der Waals surface area contributed by atoms with Gasteiger partial charge < -0.3 is 14.7 Å². The third kappa shape index (κ3) is 3.55. The fraction of sp³-hybridized carbons (Fsp3) is 0.174. The number of amidine groups is 1. The molecule has 142 valence electrons. The molecular formula is C23H21BrN2O2. The number of aliphatic hydroxyl groups is 1. The van der Waals surface area contributed by atoms with Crippen molar-refractivity contribution in [2.45, 2.75) is 6.04 Å². The number of fused-ring (bicyclic) bond motifs is 1. The minimum absolute atomic E-state index is 0.0320. The van der Waals surface area contributed by atoms with Gasteiger partial charge in [0.2, 0.25) is 0 Å². The van der Waals surface area contributed by atoms with Crippen LogP contribution in [0.1, 0.15) is 22.7 Å². The highest BCUT2D eigenvalue weighted by Crippen LogP contribution is 2.41. The van der Waals surface area contributed by atoms with Crippen LogP contribution in [0.15, 0.2) is 82.3 Å². The Labute approximate surface area is 173 Å². The third-order valence-electron chi connectivity index (χ3n) is 4.90. The van der Waals surface area contributed by atoms with Crippen molar-refractivity contribution in [3.63, 3.8) is 0 Å². The Hall–Kier alpha value is -2.63. The number of aliphatic hydroxyl groups excluding tert-OH is 1. The van der Waals surface area contributed by atoms with E-state index in [1.54, 1.807) is 7.11 Å². The Morgan fingerprint density at radius 3 is 2.46 bits per heavy atom. The summed E-state index contributed by atoms with van der Waals surface area (Å²) in [6.07, 6.45) is 0. The van der Waals surface area contributed by atoms with E-state index in [0.29, 0.717) is 6.54 Å². The molecule has 0 aliphatic carbocycles. The lowest BCUT2D eigenvalue weighted by atomic mass is 9.93. The summed E-state index contributed by atoms with van der Waals surface area (Å²) in [6, 6.07) is 24.4. The lowest BCUT2D eigenvalue weighted by Crippen LogP contribution is -2.40. The molecule has 0 aromatic heterocycles. The fourth-order valence-corrected chi connectivity index (χ4v) is 4.00. The van der Waals surface area contributed by atoms with E-state index in [9.17, 15) is 5.11 Å². The maximum absolute atomic E-state index is 9.81. The van der Waals surface area contributed by atoms with Crippen LogP contribution in [0.4, 0.5) is 5.69 Å². The number of hydrogen-bond donors (Lipinski definition) is 1. The molecule has 1 unspecified atom stereocenters. The van der Waals surface area contributed by atoms with Crippen LogP contribution >= 0.6 is 15.9 Å². The molecule has 1 aliphatic rings. The molecule has 0 spiro atoms. The summed E-state index contributed by atoms with van der Waals surface area (Å²) in [6.45, 7) is 0.526. The van der Waals surface area contributed by atoms with E-state index in [2.05, 4.69) is 39.0 Å². The standard InChI is InChI=1S/C23H21BrN2O2/c1-28-19-10-7-17(8-11-19)23-25-21-12-9-18(24)15-20(21)22(26(23)13-14-27)16-5-3-2-4-6-16/h2-12,15,22,27H,13-14H2,1H3. The topological polar surface area (TPSA) is 45.1 Å². The Kier molecular flexibility index (Phi) is 5.46. The number of nitrogens with zero attached hydrogens (tertiary/aromatic N) is 2. The number of methoxy groups -OCH3 is 1. The summed E-state index contributed by atoms with van der Waals surface area (Å²) in [5.74, 6) is 1.65.